The highest BCUT2D eigenvalue weighted by Gasteiger charge is 2.24. The molecule has 0 amide bonds. The Kier molecular flexibility index (Phi) is 2.29. The van der Waals surface area contributed by atoms with Gasteiger partial charge in [-0.3, -0.25) is 4.99 Å². The standard InChI is InChI=1S/C11H12N2OS/c1-2-4-10-8(3-1)9(7-14-10)13-11-12-5-6-15-11/h1-4,9H,5-7H2,(H,12,13). The van der Waals surface area contributed by atoms with Crippen LogP contribution in [-0.4, -0.2) is 24.1 Å². The molecule has 15 heavy (non-hydrogen) atoms. The molecule has 2 heterocycles. The van der Waals surface area contributed by atoms with Crippen LogP contribution in [0.15, 0.2) is 29.3 Å². The molecule has 1 aromatic rings. The fourth-order valence-corrected chi connectivity index (χ4v) is 2.64. The van der Waals surface area contributed by atoms with Crippen molar-refractivity contribution >= 4 is 16.9 Å². The molecule has 0 saturated carbocycles. The van der Waals surface area contributed by atoms with Gasteiger partial charge in [-0.1, -0.05) is 30.0 Å². The number of ether oxygens (including phenoxy) is 1. The zero-order valence-electron chi connectivity index (χ0n) is 8.27. The van der Waals surface area contributed by atoms with E-state index >= 15 is 0 Å². The Balaban J connectivity index is 1.87. The fourth-order valence-electron chi connectivity index (χ4n) is 1.83. The van der Waals surface area contributed by atoms with Gasteiger partial charge >= 0.3 is 0 Å². The quantitative estimate of drug-likeness (QED) is 0.783. The second-order valence-corrected chi connectivity index (χ2v) is 4.66. The highest BCUT2D eigenvalue weighted by Crippen LogP contribution is 2.34. The zero-order valence-corrected chi connectivity index (χ0v) is 9.09. The zero-order chi connectivity index (χ0) is 10.1. The molecule has 0 spiro atoms. The highest BCUT2D eigenvalue weighted by atomic mass is 32.2. The van der Waals surface area contributed by atoms with Crippen LogP contribution in [0.3, 0.4) is 0 Å². The number of fused-ring (bicyclic) bond motifs is 1. The van der Waals surface area contributed by atoms with E-state index < -0.39 is 0 Å². The molecule has 2 aliphatic rings. The van der Waals surface area contributed by atoms with Gasteiger partial charge in [-0.15, -0.1) is 0 Å². The summed E-state index contributed by atoms with van der Waals surface area (Å²) in [6, 6.07) is 8.31. The van der Waals surface area contributed by atoms with Crippen molar-refractivity contribution in [3.05, 3.63) is 29.8 Å². The summed E-state index contributed by atoms with van der Waals surface area (Å²) >= 11 is 1.79. The fraction of sp³-hybridized carbons (Fsp3) is 0.364. The van der Waals surface area contributed by atoms with E-state index in [1.807, 2.05) is 18.2 Å². The second-order valence-electron chi connectivity index (χ2n) is 3.57. The minimum Gasteiger partial charge on any atom is -0.491 e. The Morgan fingerprint density at radius 1 is 1.40 bits per heavy atom. The molecule has 0 radical (unpaired) electrons. The van der Waals surface area contributed by atoms with Crippen LogP contribution in [0, 0.1) is 0 Å². The monoisotopic (exact) mass is 220 g/mol. The maximum atomic E-state index is 5.58. The number of amidine groups is 1. The number of hydrogen-bond acceptors (Lipinski definition) is 3. The number of rotatable bonds is 1. The minimum absolute atomic E-state index is 0.175. The van der Waals surface area contributed by atoms with Crippen LogP contribution in [0.4, 0.5) is 0 Å². The first-order valence-corrected chi connectivity index (χ1v) is 6.08. The van der Waals surface area contributed by atoms with Crippen LogP contribution >= 0.6 is 11.8 Å². The summed E-state index contributed by atoms with van der Waals surface area (Å²) in [7, 11) is 0. The molecule has 0 aromatic heterocycles. The first kappa shape index (κ1) is 9.09. The predicted octanol–water partition coefficient (Wildman–Crippen LogP) is 1.81. The molecule has 4 heteroatoms. The Morgan fingerprint density at radius 2 is 2.33 bits per heavy atom. The van der Waals surface area contributed by atoms with E-state index in [4.69, 9.17) is 4.74 Å². The van der Waals surface area contributed by atoms with Gasteiger partial charge in [-0.2, -0.15) is 0 Å². The van der Waals surface area contributed by atoms with Crippen LogP contribution < -0.4 is 10.1 Å². The SMILES string of the molecule is c1ccc2c(c1)OCC2N=C1NCCS1. The average Bonchev–Trinajstić information content (AvgIpc) is 2.89. The van der Waals surface area contributed by atoms with E-state index in [2.05, 4.69) is 16.4 Å². The Bertz CT molecular complexity index is 397. The van der Waals surface area contributed by atoms with Crippen LogP contribution in [0.1, 0.15) is 11.6 Å². The number of benzene rings is 1. The molecule has 1 N–H and O–H groups in total. The normalized spacial score (nSPS) is 26.1. The van der Waals surface area contributed by atoms with Gasteiger partial charge in [0.1, 0.15) is 18.4 Å². The number of nitrogens with one attached hydrogen (secondary N) is 1. The van der Waals surface area contributed by atoms with E-state index in [0.717, 1.165) is 23.2 Å². The molecule has 3 rings (SSSR count). The predicted molar refractivity (Wildman–Crippen MR) is 62.6 cm³/mol. The molecule has 1 aromatic carbocycles. The molecule has 1 unspecified atom stereocenters. The summed E-state index contributed by atoms with van der Waals surface area (Å²) in [6.45, 7) is 1.70. The van der Waals surface area contributed by atoms with Gasteiger partial charge in [0, 0.05) is 17.9 Å². The molecule has 2 aliphatic heterocycles. The van der Waals surface area contributed by atoms with Gasteiger partial charge < -0.3 is 10.1 Å². The first-order valence-electron chi connectivity index (χ1n) is 5.10. The maximum Gasteiger partial charge on any atom is 0.157 e. The smallest absolute Gasteiger partial charge is 0.157 e. The number of aliphatic imine (C=N–C) groups is 1. The summed E-state index contributed by atoms with van der Waals surface area (Å²) in [5.41, 5.74) is 1.21. The second kappa shape index (κ2) is 3.77. The van der Waals surface area contributed by atoms with Crippen molar-refractivity contribution in [3.63, 3.8) is 0 Å². The van der Waals surface area contributed by atoms with Crippen LogP contribution in [0.2, 0.25) is 0 Å². The summed E-state index contributed by atoms with van der Waals surface area (Å²) in [6.07, 6.45) is 0. The van der Waals surface area contributed by atoms with Crippen LogP contribution in [0.25, 0.3) is 0 Å². The van der Waals surface area contributed by atoms with E-state index in [-0.39, 0.29) is 6.04 Å². The lowest BCUT2D eigenvalue weighted by Gasteiger charge is -2.04. The number of thioether (sulfide) groups is 1. The Morgan fingerprint density at radius 3 is 3.20 bits per heavy atom. The third-order valence-corrected chi connectivity index (χ3v) is 3.50. The first-order chi connectivity index (χ1) is 7.43. The number of hydrogen-bond donors (Lipinski definition) is 1. The molecule has 1 atom stereocenters. The molecule has 1 fully saturated rings. The molecule has 0 aliphatic carbocycles. The van der Waals surface area contributed by atoms with E-state index in [1.165, 1.54) is 5.56 Å². The van der Waals surface area contributed by atoms with Crippen LogP contribution in [0.5, 0.6) is 5.75 Å². The van der Waals surface area contributed by atoms with Crippen molar-refractivity contribution < 1.29 is 4.74 Å². The van der Waals surface area contributed by atoms with Gasteiger partial charge in [-0.05, 0) is 6.07 Å². The lowest BCUT2D eigenvalue weighted by atomic mass is 10.1. The Hall–Kier alpha value is -1.16. The Labute approximate surface area is 92.9 Å². The highest BCUT2D eigenvalue weighted by molar-refractivity contribution is 8.14. The molecule has 78 valence electrons. The van der Waals surface area contributed by atoms with E-state index in [1.54, 1.807) is 11.8 Å². The number of nitrogens with zero attached hydrogens (tertiary/aromatic N) is 1. The molecule has 3 nitrogen and oxygen atoms in total. The van der Waals surface area contributed by atoms with Crippen molar-refractivity contribution in [3.8, 4) is 5.75 Å². The van der Waals surface area contributed by atoms with Crippen molar-refractivity contribution in [1.82, 2.24) is 5.32 Å². The lowest BCUT2D eigenvalue weighted by molar-refractivity contribution is 0.334. The molecular formula is C11H12N2OS. The van der Waals surface area contributed by atoms with Crippen molar-refractivity contribution in [2.24, 2.45) is 4.99 Å². The largest absolute Gasteiger partial charge is 0.491 e. The van der Waals surface area contributed by atoms with Gasteiger partial charge in [0.15, 0.2) is 5.17 Å². The van der Waals surface area contributed by atoms with Gasteiger partial charge in [0.2, 0.25) is 0 Å². The summed E-state index contributed by atoms with van der Waals surface area (Å²) < 4.78 is 5.58. The summed E-state index contributed by atoms with van der Waals surface area (Å²) in [4.78, 5) is 4.66. The minimum atomic E-state index is 0.175. The third kappa shape index (κ3) is 1.69. The van der Waals surface area contributed by atoms with E-state index in [9.17, 15) is 0 Å². The van der Waals surface area contributed by atoms with Crippen molar-refractivity contribution in [1.29, 1.82) is 0 Å². The molecule has 1 saturated heterocycles. The third-order valence-electron chi connectivity index (χ3n) is 2.56. The lowest BCUT2D eigenvalue weighted by Crippen LogP contribution is -2.14. The maximum absolute atomic E-state index is 5.58. The van der Waals surface area contributed by atoms with Crippen molar-refractivity contribution in [2.75, 3.05) is 18.9 Å². The van der Waals surface area contributed by atoms with Crippen LogP contribution in [-0.2, 0) is 0 Å². The van der Waals surface area contributed by atoms with Gasteiger partial charge in [-0.25, -0.2) is 0 Å². The number of para-hydroxylation sites is 1. The topological polar surface area (TPSA) is 33.6 Å². The summed E-state index contributed by atoms with van der Waals surface area (Å²) in [5.74, 6) is 2.10. The summed E-state index contributed by atoms with van der Waals surface area (Å²) in [5, 5.41) is 4.33. The van der Waals surface area contributed by atoms with Gasteiger partial charge in [0.25, 0.3) is 0 Å². The van der Waals surface area contributed by atoms with Crippen molar-refractivity contribution in [2.45, 2.75) is 6.04 Å². The molecule has 0 bridgehead atoms. The van der Waals surface area contributed by atoms with E-state index in [0.29, 0.717) is 6.61 Å². The average molecular weight is 220 g/mol. The van der Waals surface area contributed by atoms with Gasteiger partial charge in [0.05, 0.1) is 0 Å². The molecular weight excluding hydrogens is 208 g/mol.